The summed E-state index contributed by atoms with van der Waals surface area (Å²) in [5.74, 6) is -2.63. The molecule has 4 unspecified atom stereocenters. The molecule has 3 aromatic rings. The maximum Gasteiger partial charge on any atom is 0.330 e. The molecule has 0 saturated carbocycles. The number of nitrogens with zero attached hydrogens (tertiary/aromatic N) is 1. The zero-order chi connectivity index (χ0) is 28.3. The fraction of sp³-hybridized carbons (Fsp3) is 0.323. The summed E-state index contributed by atoms with van der Waals surface area (Å²) in [6, 6.07) is 20.3. The minimum absolute atomic E-state index is 0.274. The van der Waals surface area contributed by atoms with Gasteiger partial charge in [-0.15, -0.1) is 0 Å². The van der Waals surface area contributed by atoms with Crippen molar-refractivity contribution in [3.05, 3.63) is 95.1 Å². The molecular weight excluding hydrogens is 498 g/mol. The molecule has 0 radical (unpaired) electrons. The highest BCUT2D eigenvalue weighted by atomic mass is 16.5. The van der Waals surface area contributed by atoms with Crippen molar-refractivity contribution in [2.75, 3.05) is 27.9 Å². The molecule has 1 heterocycles. The van der Waals surface area contributed by atoms with Gasteiger partial charge >= 0.3 is 5.97 Å². The highest BCUT2D eigenvalue weighted by molar-refractivity contribution is 6.02. The van der Waals surface area contributed by atoms with Crippen LogP contribution in [0.25, 0.3) is 0 Å². The standard InChI is InChI=1S/C31H33NO7/c1-19-6-8-21(9-7-19)28-26(29(34)22-12-16-24(39-5)17-13-22)27(20-10-14-23(38-4)15-11-20)31(2,30(35)36)32(28)25(33)18-37-3/h6-17,26-28H,18H2,1-5H3,(H,35,36). The van der Waals surface area contributed by atoms with Crippen LogP contribution in [0, 0.1) is 12.8 Å². The number of carboxylic acid groups (broad SMARTS) is 1. The Morgan fingerprint density at radius 3 is 1.82 bits per heavy atom. The Morgan fingerprint density at radius 2 is 1.33 bits per heavy atom. The lowest BCUT2D eigenvalue weighted by Gasteiger charge is -2.37. The normalized spacial score (nSPS) is 22.4. The molecule has 0 spiro atoms. The summed E-state index contributed by atoms with van der Waals surface area (Å²) in [6.07, 6.45) is 0. The van der Waals surface area contributed by atoms with Crippen molar-refractivity contribution in [1.29, 1.82) is 0 Å². The monoisotopic (exact) mass is 531 g/mol. The first-order valence-electron chi connectivity index (χ1n) is 12.6. The van der Waals surface area contributed by atoms with Crippen LogP contribution in [0.2, 0.25) is 0 Å². The van der Waals surface area contributed by atoms with E-state index in [4.69, 9.17) is 14.2 Å². The van der Waals surface area contributed by atoms with Gasteiger partial charge in [0.05, 0.1) is 26.2 Å². The summed E-state index contributed by atoms with van der Waals surface area (Å²) in [5.41, 5.74) is 0.896. The Kier molecular flexibility index (Phi) is 8.06. The number of Topliss-reactive ketones (excluding diaryl/α,β-unsaturated/α-hetero) is 1. The Bertz CT molecular complexity index is 1330. The molecule has 8 heteroatoms. The van der Waals surface area contributed by atoms with E-state index in [2.05, 4.69) is 0 Å². The Morgan fingerprint density at radius 1 is 0.821 bits per heavy atom. The van der Waals surface area contributed by atoms with E-state index in [9.17, 15) is 19.5 Å². The maximum absolute atomic E-state index is 14.4. The highest BCUT2D eigenvalue weighted by Crippen LogP contribution is 2.56. The lowest BCUT2D eigenvalue weighted by Crippen LogP contribution is -2.55. The maximum atomic E-state index is 14.4. The number of aryl methyl sites for hydroxylation is 1. The molecule has 8 nitrogen and oxygen atoms in total. The van der Waals surface area contributed by atoms with E-state index in [1.54, 1.807) is 62.8 Å². The number of hydrogen-bond acceptors (Lipinski definition) is 6. The van der Waals surface area contributed by atoms with Crippen LogP contribution < -0.4 is 9.47 Å². The van der Waals surface area contributed by atoms with Crippen LogP contribution in [-0.4, -0.2) is 61.1 Å². The molecule has 1 N–H and O–H groups in total. The summed E-state index contributed by atoms with van der Waals surface area (Å²) < 4.78 is 15.7. The number of aliphatic carboxylic acids is 1. The molecule has 4 atom stereocenters. The molecule has 204 valence electrons. The number of amides is 1. The molecule has 0 bridgehead atoms. The van der Waals surface area contributed by atoms with Crippen molar-refractivity contribution in [3.8, 4) is 11.5 Å². The van der Waals surface area contributed by atoms with Gasteiger partial charge in [-0.2, -0.15) is 0 Å². The quantitative estimate of drug-likeness (QED) is 0.401. The van der Waals surface area contributed by atoms with Gasteiger partial charge in [0.15, 0.2) is 5.78 Å². The third-order valence-corrected chi connectivity index (χ3v) is 7.62. The van der Waals surface area contributed by atoms with E-state index >= 15 is 0 Å². The SMILES string of the molecule is COCC(=O)N1C(c2ccc(C)cc2)C(C(=O)c2ccc(OC)cc2)C(c2ccc(OC)cc2)C1(C)C(=O)O. The predicted molar refractivity (Wildman–Crippen MR) is 145 cm³/mol. The Labute approximate surface area is 228 Å². The average molecular weight is 532 g/mol. The van der Waals surface area contributed by atoms with Crippen molar-refractivity contribution < 1.29 is 33.7 Å². The minimum atomic E-state index is -1.77. The molecule has 1 amide bonds. The zero-order valence-corrected chi connectivity index (χ0v) is 22.7. The first-order chi connectivity index (χ1) is 18.7. The number of likely N-dealkylation sites (tertiary alicyclic amines) is 1. The molecule has 1 aliphatic rings. The number of carboxylic acids is 1. The third kappa shape index (κ3) is 5.00. The van der Waals surface area contributed by atoms with E-state index < -0.39 is 35.3 Å². The molecule has 39 heavy (non-hydrogen) atoms. The first-order valence-corrected chi connectivity index (χ1v) is 12.6. The zero-order valence-electron chi connectivity index (χ0n) is 22.7. The number of hydrogen-bond donors (Lipinski definition) is 1. The average Bonchev–Trinajstić information content (AvgIpc) is 3.23. The van der Waals surface area contributed by atoms with Crippen LogP contribution in [0.15, 0.2) is 72.8 Å². The molecular formula is C31H33NO7. The summed E-state index contributed by atoms with van der Waals surface area (Å²) in [6.45, 7) is 3.12. The number of methoxy groups -OCH3 is 3. The van der Waals surface area contributed by atoms with Crippen LogP contribution in [0.4, 0.5) is 0 Å². The van der Waals surface area contributed by atoms with Crippen molar-refractivity contribution in [2.45, 2.75) is 31.3 Å². The van der Waals surface area contributed by atoms with Gasteiger partial charge in [0.1, 0.15) is 23.6 Å². The van der Waals surface area contributed by atoms with Gasteiger partial charge in [-0.3, -0.25) is 9.59 Å². The van der Waals surface area contributed by atoms with E-state index in [0.29, 0.717) is 28.2 Å². The number of carbonyl (C=O) groups excluding carboxylic acids is 2. The number of rotatable bonds is 9. The highest BCUT2D eigenvalue weighted by Gasteiger charge is 2.64. The van der Waals surface area contributed by atoms with Gasteiger partial charge in [0.2, 0.25) is 5.91 Å². The summed E-state index contributed by atoms with van der Waals surface area (Å²) in [4.78, 5) is 42.6. The van der Waals surface area contributed by atoms with Crippen molar-refractivity contribution in [2.24, 2.45) is 5.92 Å². The fourth-order valence-corrected chi connectivity index (χ4v) is 5.68. The molecule has 0 aliphatic carbocycles. The largest absolute Gasteiger partial charge is 0.497 e. The summed E-state index contributed by atoms with van der Waals surface area (Å²) in [5, 5.41) is 10.8. The van der Waals surface area contributed by atoms with Crippen molar-refractivity contribution >= 4 is 17.7 Å². The second kappa shape index (κ2) is 11.3. The minimum Gasteiger partial charge on any atom is -0.497 e. The number of benzene rings is 3. The predicted octanol–water partition coefficient (Wildman–Crippen LogP) is 4.67. The van der Waals surface area contributed by atoms with E-state index in [1.165, 1.54) is 18.9 Å². The lowest BCUT2D eigenvalue weighted by atomic mass is 9.71. The van der Waals surface area contributed by atoms with Crippen molar-refractivity contribution in [1.82, 2.24) is 4.90 Å². The second-order valence-corrected chi connectivity index (χ2v) is 9.87. The third-order valence-electron chi connectivity index (χ3n) is 7.62. The molecule has 4 rings (SSSR count). The number of carbonyl (C=O) groups is 3. The lowest BCUT2D eigenvalue weighted by molar-refractivity contribution is -0.159. The Hall–Kier alpha value is -4.17. The fourth-order valence-electron chi connectivity index (χ4n) is 5.68. The van der Waals surface area contributed by atoms with Gasteiger partial charge in [0.25, 0.3) is 0 Å². The van der Waals surface area contributed by atoms with Crippen LogP contribution in [-0.2, 0) is 14.3 Å². The number of ether oxygens (including phenoxy) is 3. The van der Waals surface area contributed by atoms with Crippen LogP contribution in [0.3, 0.4) is 0 Å². The van der Waals surface area contributed by atoms with Gasteiger partial charge in [-0.05, 0) is 61.4 Å². The van der Waals surface area contributed by atoms with E-state index in [0.717, 1.165) is 5.56 Å². The molecule has 1 saturated heterocycles. The van der Waals surface area contributed by atoms with Crippen LogP contribution in [0.5, 0.6) is 11.5 Å². The van der Waals surface area contributed by atoms with Gasteiger partial charge in [-0.1, -0.05) is 42.0 Å². The number of ketones is 1. The molecule has 1 aliphatic heterocycles. The first kappa shape index (κ1) is 27.9. The van der Waals surface area contributed by atoms with Gasteiger partial charge in [-0.25, -0.2) is 4.79 Å². The smallest absolute Gasteiger partial charge is 0.330 e. The molecule has 3 aromatic carbocycles. The second-order valence-electron chi connectivity index (χ2n) is 9.87. The van der Waals surface area contributed by atoms with Gasteiger partial charge in [0, 0.05) is 18.6 Å². The molecule has 1 fully saturated rings. The van der Waals surface area contributed by atoms with Gasteiger partial charge < -0.3 is 24.2 Å². The summed E-state index contributed by atoms with van der Waals surface area (Å²) in [7, 11) is 4.47. The molecule has 0 aromatic heterocycles. The summed E-state index contributed by atoms with van der Waals surface area (Å²) >= 11 is 0. The topological polar surface area (TPSA) is 102 Å². The van der Waals surface area contributed by atoms with Crippen LogP contribution >= 0.6 is 0 Å². The Balaban J connectivity index is 2.01. The van der Waals surface area contributed by atoms with E-state index in [1.807, 2.05) is 31.2 Å². The van der Waals surface area contributed by atoms with Crippen LogP contribution in [0.1, 0.15) is 45.9 Å². The van der Waals surface area contributed by atoms with Crippen molar-refractivity contribution in [3.63, 3.8) is 0 Å². The van der Waals surface area contributed by atoms with E-state index in [-0.39, 0.29) is 12.4 Å².